The van der Waals surface area contributed by atoms with E-state index in [-0.39, 0.29) is 0 Å². The molecule has 1 rings (SSSR count). The summed E-state index contributed by atoms with van der Waals surface area (Å²) in [5, 5.41) is 3.41. The normalized spacial score (nSPS) is 13.4. The van der Waals surface area contributed by atoms with Gasteiger partial charge in [-0.25, -0.2) is 4.98 Å². The van der Waals surface area contributed by atoms with Crippen LogP contribution in [0, 0.1) is 5.92 Å². The number of rotatable bonds is 6. The monoisotopic (exact) mass is 210 g/mol. The zero-order valence-corrected chi connectivity index (χ0v) is 10.2. The van der Waals surface area contributed by atoms with Crippen molar-refractivity contribution in [3.8, 4) is 0 Å². The van der Waals surface area contributed by atoms with Crippen LogP contribution in [0.1, 0.15) is 45.8 Å². The first kappa shape index (κ1) is 12.2. The molecule has 1 heterocycles. The number of nitrogens with zero attached hydrogens (tertiary/aromatic N) is 1. The minimum atomic E-state index is 0.516. The van der Waals surface area contributed by atoms with Crippen LogP contribution >= 0.6 is 0 Å². The summed E-state index contributed by atoms with van der Waals surface area (Å²) in [7, 11) is 0. The molecule has 0 spiro atoms. The van der Waals surface area contributed by atoms with Crippen LogP contribution in [0.4, 0.5) is 0 Å². The van der Waals surface area contributed by atoms with Gasteiger partial charge >= 0.3 is 0 Å². The molecule has 86 valence electrons. The number of hydrogen-bond donors (Lipinski definition) is 1. The highest BCUT2D eigenvalue weighted by molar-refractivity contribution is 4.93. The van der Waals surface area contributed by atoms with Crippen LogP contribution in [-0.2, 0) is 13.0 Å². The van der Waals surface area contributed by atoms with E-state index in [2.05, 4.69) is 38.0 Å². The molecule has 0 radical (unpaired) electrons. The Hall–Kier alpha value is -0.830. The second-order valence-corrected chi connectivity index (χ2v) is 4.49. The lowest BCUT2D eigenvalue weighted by molar-refractivity contribution is 0.393. The van der Waals surface area contributed by atoms with Crippen molar-refractivity contribution in [2.24, 2.45) is 5.92 Å². The van der Waals surface area contributed by atoms with Crippen LogP contribution in [0.15, 0.2) is 10.6 Å². The topological polar surface area (TPSA) is 38.1 Å². The first-order valence-corrected chi connectivity index (χ1v) is 5.78. The predicted molar refractivity (Wildman–Crippen MR) is 61.6 cm³/mol. The molecule has 0 saturated heterocycles. The van der Waals surface area contributed by atoms with Gasteiger partial charge in [-0.3, -0.25) is 0 Å². The van der Waals surface area contributed by atoms with Gasteiger partial charge in [-0.05, 0) is 19.3 Å². The highest BCUT2D eigenvalue weighted by Crippen LogP contribution is 2.07. The molecule has 1 N–H and O–H groups in total. The van der Waals surface area contributed by atoms with Crippen molar-refractivity contribution in [2.75, 3.05) is 0 Å². The largest absolute Gasteiger partial charge is 0.444 e. The van der Waals surface area contributed by atoms with Gasteiger partial charge in [0.1, 0.15) is 5.76 Å². The Balaban J connectivity index is 2.30. The van der Waals surface area contributed by atoms with Crippen LogP contribution in [-0.4, -0.2) is 11.0 Å². The van der Waals surface area contributed by atoms with Gasteiger partial charge in [-0.2, -0.15) is 0 Å². The van der Waals surface area contributed by atoms with Crippen molar-refractivity contribution in [3.63, 3.8) is 0 Å². The van der Waals surface area contributed by atoms with E-state index in [0.717, 1.165) is 30.5 Å². The van der Waals surface area contributed by atoms with Gasteiger partial charge in [0.2, 0.25) is 5.89 Å². The number of oxazole rings is 1. The summed E-state index contributed by atoms with van der Waals surface area (Å²) in [6.45, 7) is 9.47. The molecule has 3 heteroatoms. The van der Waals surface area contributed by atoms with E-state index in [1.165, 1.54) is 6.42 Å². The minimum Gasteiger partial charge on any atom is -0.444 e. The van der Waals surface area contributed by atoms with E-state index in [1.54, 1.807) is 0 Å². The van der Waals surface area contributed by atoms with Gasteiger partial charge in [0, 0.05) is 12.5 Å². The number of aryl methyl sites for hydroxylation is 1. The summed E-state index contributed by atoms with van der Waals surface area (Å²) in [6, 6.07) is 0.516. The predicted octanol–water partition coefficient (Wildman–Crippen LogP) is 2.76. The third-order valence-electron chi connectivity index (χ3n) is 2.38. The molecule has 0 aromatic carbocycles. The van der Waals surface area contributed by atoms with Crippen LogP contribution < -0.4 is 5.32 Å². The van der Waals surface area contributed by atoms with Crippen LogP contribution in [0.3, 0.4) is 0 Å². The fourth-order valence-corrected chi connectivity index (χ4v) is 1.65. The first-order valence-electron chi connectivity index (χ1n) is 5.78. The zero-order chi connectivity index (χ0) is 11.3. The standard InChI is InChI=1S/C12H22N2O/c1-5-11-7-14-12(15-11)8-13-10(4)6-9(2)3/h7,9-10,13H,5-6,8H2,1-4H3. The van der Waals surface area contributed by atoms with Crippen molar-refractivity contribution in [1.29, 1.82) is 0 Å². The molecule has 3 nitrogen and oxygen atoms in total. The van der Waals surface area contributed by atoms with Gasteiger partial charge in [-0.15, -0.1) is 0 Å². The lowest BCUT2D eigenvalue weighted by atomic mass is 10.1. The summed E-state index contributed by atoms with van der Waals surface area (Å²) >= 11 is 0. The third kappa shape index (κ3) is 4.47. The quantitative estimate of drug-likeness (QED) is 0.784. The van der Waals surface area contributed by atoms with Crippen LogP contribution in [0.2, 0.25) is 0 Å². The highest BCUT2D eigenvalue weighted by atomic mass is 16.4. The average Bonchev–Trinajstić information content (AvgIpc) is 2.61. The molecular formula is C12H22N2O. The number of hydrogen-bond acceptors (Lipinski definition) is 3. The van der Waals surface area contributed by atoms with Crippen molar-refractivity contribution >= 4 is 0 Å². The molecule has 0 aliphatic carbocycles. The lowest BCUT2D eigenvalue weighted by Gasteiger charge is -2.14. The molecule has 0 saturated carbocycles. The van der Waals surface area contributed by atoms with E-state index < -0.39 is 0 Å². The SMILES string of the molecule is CCc1cnc(CNC(C)CC(C)C)o1. The Kier molecular flexibility index (Phi) is 4.82. The van der Waals surface area contributed by atoms with E-state index in [4.69, 9.17) is 4.42 Å². The maximum atomic E-state index is 5.51. The smallest absolute Gasteiger partial charge is 0.208 e. The van der Waals surface area contributed by atoms with Crippen molar-refractivity contribution in [1.82, 2.24) is 10.3 Å². The summed E-state index contributed by atoms with van der Waals surface area (Å²) in [5.41, 5.74) is 0. The van der Waals surface area contributed by atoms with Crippen LogP contribution in [0.25, 0.3) is 0 Å². The summed E-state index contributed by atoms with van der Waals surface area (Å²) in [4.78, 5) is 4.21. The Morgan fingerprint density at radius 3 is 2.67 bits per heavy atom. The highest BCUT2D eigenvalue weighted by Gasteiger charge is 2.06. The van der Waals surface area contributed by atoms with Crippen molar-refractivity contribution in [2.45, 2.75) is 53.1 Å². The zero-order valence-electron chi connectivity index (χ0n) is 10.2. The molecule has 1 aromatic heterocycles. The van der Waals surface area contributed by atoms with Gasteiger partial charge in [-0.1, -0.05) is 20.8 Å². The van der Waals surface area contributed by atoms with Gasteiger partial charge < -0.3 is 9.73 Å². The number of aromatic nitrogens is 1. The van der Waals surface area contributed by atoms with Crippen molar-refractivity contribution < 1.29 is 4.42 Å². The second kappa shape index (κ2) is 5.91. The van der Waals surface area contributed by atoms with Crippen molar-refractivity contribution in [3.05, 3.63) is 17.8 Å². The second-order valence-electron chi connectivity index (χ2n) is 4.49. The molecule has 0 bridgehead atoms. The average molecular weight is 210 g/mol. The van der Waals surface area contributed by atoms with Gasteiger partial charge in [0.25, 0.3) is 0 Å². The molecule has 0 amide bonds. The maximum Gasteiger partial charge on any atom is 0.208 e. The van der Waals surface area contributed by atoms with E-state index in [0.29, 0.717) is 6.04 Å². The first-order chi connectivity index (χ1) is 7.11. The molecule has 1 atom stereocenters. The van der Waals surface area contributed by atoms with E-state index in [9.17, 15) is 0 Å². The fourth-order valence-electron chi connectivity index (χ4n) is 1.65. The molecule has 0 aliphatic rings. The molecule has 0 fully saturated rings. The fraction of sp³-hybridized carbons (Fsp3) is 0.750. The van der Waals surface area contributed by atoms with E-state index >= 15 is 0 Å². The molecule has 0 aliphatic heterocycles. The Bertz CT molecular complexity index is 281. The molecule has 15 heavy (non-hydrogen) atoms. The summed E-state index contributed by atoms with van der Waals surface area (Å²) in [5.74, 6) is 2.48. The Morgan fingerprint density at radius 2 is 2.13 bits per heavy atom. The lowest BCUT2D eigenvalue weighted by Crippen LogP contribution is -2.26. The molecule has 1 aromatic rings. The third-order valence-corrected chi connectivity index (χ3v) is 2.38. The number of nitrogens with one attached hydrogen (secondary N) is 1. The summed E-state index contributed by atoms with van der Waals surface area (Å²) in [6.07, 6.45) is 3.90. The van der Waals surface area contributed by atoms with E-state index in [1.807, 2.05) is 6.20 Å². The molecule has 1 unspecified atom stereocenters. The summed E-state index contributed by atoms with van der Waals surface area (Å²) < 4.78 is 5.51. The van der Waals surface area contributed by atoms with Crippen LogP contribution in [0.5, 0.6) is 0 Å². The molecular weight excluding hydrogens is 188 g/mol. The van der Waals surface area contributed by atoms with Gasteiger partial charge in [0.15, 0.2) is 0 Å². The van der Waals surface area contributed by atoms with Gasteiger partial charge in [0.05, 0.1) is 12.7 Å². The Morgan fingerprint density at radius 1 is 1.40 bits per heavy atom. The Labute approximate surface area is 92.3 Å². The minimum absolute atomic E-state index is 0.516. The maximum absolute atomic E-state index is 5.51.